The minimum Gasteiger partial charge on any atom is -0.385 e. The molecule has 1 fully saturated rings. The van der Waals surface area contributed by atoms with Crippen LogP contribution in [0.15, 0.2) is 18.5 Å². The molecule has 4 nitrogen and oxygen atoms in total. The van der Waals surface area contributed by atoms with Crippen LogP contribution in [0.5, 0.6) is 0 Å². The topological polar surface area (TPSA) is 45.2 Å². The van der Waals surface area contributed by atoms with E-state index < -0.39 is 0 Å². The second-order valence-corrected chi connectivity index (χ2v) is 5.10. The predicted octanol–water partition coefficient (Wildman–Crippen LogP) is 2.38. The van der Waals surface area contributed by atoms with E-state index in [1.54, 1.807) is 12.4 Å². The first-order chi connectivity index (χ1) is 8.63. The molecule has 2 unspecified atom stereocenters. The number of anilines is 1. The minimum absolute atomic E-state index is 0.0934. The van der Waals surface area contributed by atoms with E-state index in [2.05, 4.69) is 24.1 Å². The lowest BCUT2D eigenvalue weighted by molar-refractivity contribution is 0.0744. The SMILES string of the molecule is CCNc1ccncc1C(=O)N1CC(C)CC1C. The van der Waals surface area contributed by atoms with Crippen LogP contribution in [0.2, 0.25) is 0 Å². The molecule has 0 radical (unpaired) electrons. The zero-order valence-corrected chi connectivity index (χ0v) is 11.3. The molecule has 1 N–H and O–H groups in total. The van der Waals surface area contributed by atoms with Crippen molar-refractivity contribution in [1.29, 1.82) is 0 Å². The van der Waals surface area contributed by atoms with Crippen molar-refractivity contribution >= 4 is 11.6 Å². The summed E-state index contributed by atoms with van der Waals surface area (Å²) < 4.78 is 0. The molecule has 2 atom stereocenters. The third kappa shape index (κ3) is 2.47. The van der Waals surface area contributed by atoms with E-state index in [-0.39, 0.29) is 5.91 Å². The molecular formula is C14H21N3O. The van der Waals surface area contributed by atoms with Crippen molar-refractivity contribution in [3.63, 3.8) is 0 Å². The number of nitrogens with one attached hydrogen (secondary N) is 1. The molecule has 0 saturated carbocycles. The number of hydrogen-bond donors (Lipinski definition) is 1. The van der Waals surface area contributed by atoms with Crippen LogP contribution in [-0.4, -0.2) is 34.9 Å². The third-order valence-corrected chi connectivity index (χ3v) is 3.46. The first-order valence-corrected chi connectivity index (χ1v) is 6.62. The van der Waals surface area contributed by atoms with E-state index in [0.717, 1.165) is 25.2 Å². The van der Waals surface area contributed by atoms with Gasteiger partial charge in [0.05, 0.1) is 11.3 Å². The molecule has 1 saturated heterocycles. The fourth-order valence-electron chi connectivity index (χ4n) is 2.65. The standard InChI is InChI=1S/C14H21N3O/c1-4-16-13-5-6-15-8-12(13)14(18)17-9-10(2)7-11(17)3/h5-6,8,10-11H,4,7,9H2,1-3H3,(H,15,16). The molecule has 2 heterocycles. The van der Waals surface area contributed by atoms with Gasteiger partial charge in [0.1, 0.15) is 0 Å². The van der Waals surface area contributed by atoms with Gasteiger partial charge in [-0.1, -0.05) is 6.92 Å². The quantitative estimate of drug-likeness (QED) is 0.892. The van der Waals surface area contributed by atoms with Crippen molar-refractivity contribution in [3.05, 3.63) is 24.0 Å². The number of amides is 1. The number of carbonyl (C=O) groups excluding carboxylic acids is 1. The van der Waals surface area contributed by atoms with Crippen molar-refractivity contribution in [1.82, 2.24) is 9.88 Å². The number of rotatable bonds is 3. The molecule has 0 aliphatic carbocycles. The molecule has 0 spiro atoms. The van der Waals surface area contributed by atoms with Gasteiger partial charge in [-0.05, 0) is 32.3 Å². The summed E-state index contributed by atoms with van der Waals surface area (Å²) in [5, 5.41) is 3.22. The Morgan fingerprint density at radius 3 is 2.94 bits per heavy atom. The molecule has 1 aromatic rings. The molecule has 0 bridgehead atoms. The van der Waals surface area contributed by atoms with Gasteiger partial charge in [0.2, 0.25) is 0 Å². The van der Waals surface area contributed by atoms with Crippen LogP contribution in [0.1, 0.15) is 37.6 Å². The van der Waals surface area contributed by atoms with Gasteiger partial charge in [-0.3, -0.25) is 9.78 Å². The van der Waals surface area contributed by atoms with Gasteiger partial charge in [-0.25, -0.2) is 0 Å². The molecule has 18 heavy (non-hydrogen) atoms. The Balaban J connectivity index is 2.23. The number of pyridine rings is 1. The van der Waals surface area contributed by atoms with Crippen molar-refractivity contribution in [2.24, 2.45) is 5.92 Å². The maximum Gasteiger partial charge on any atom is 0.257 e. The van der Waals surface area contributed by atoms with Gasteiger partial charge in [-0.2, -0.15) is 0 Å². The fourth-order valence-corrected chi connectivity index (χ4v) is 2.65. The maximum absolute atomic E-state index is 12.5. The first kappa shape index (κ1) is 12.9. The second kappa shape index (κ2) is 5.38. The Morgan fingerprint density at radius 1 is 1.56 bits per heavy atom. The average molecular weight is 247 g/mol. The highest BCUT2D eigenvalue weighted by molar-refractivity contribution is 5.99. The van der Waals surface area contributed by atoms with Crippen LogP contribution in [-0.2, 0) is 0 Å². The highest BCUT2D eigenvalue weighted by Crippen LogP contribution is 2.26. The Morgan fingerprint density at radius 2 is 2.33 bits per heavy atom. The second-order valence-electron chi connectivity index (χ2n) is 5.10. The first-order valence-electron chi connectivity index (χ1n) is 6.62. The zero-order valence-electron chi connectivity index (χ0n) is 11.3. The fraction of sp³-hybridized carbons (Fsp3) is 0.571. The normalized spacial score (nSPS) is 23.2. The Kier molecular flexibility index (Phi) is 3.84. The Hall–Kier alpha value is -1.58. The van der Waals surface area contributed by atoms with Crippen molar-refractivity contribution in [2.75, 3.05) is 18.4 Å². The molecule has 1 aromatic heterocycles. The summed E-state index contributed by atoms with van der Waals surface area (Å²) in [5.41, 5.74) is 1.56. The summed E-state index contributed by atoms with van der Waals surface area (Å²) in [6.07, 6.45) is 4.46. The molecule has 98 valence electrons. The number of hydrogen-bond acceptors (Lipinski definition) is 3. The molecule has 1 amide bonds. The molecule has 1 aliphatic rings. The average Bonchev–Trinajstić information content (AvgIpc) is 2.69. The maximum atomic E-state index is 12.5. The molecule has 4 heteroatoms. The van der Waals surface area contributed by atoms with Gasteiger partial charge in [0, 0.05) is 31.5 Å². The van der Waals surface area contributed by atoms with Crippen LogP contribution in [0, 0.1) is 5.92 Å². The lowest BCUT2D eigenvalue weighted by Crippen LogP contribution is -2.34. The van der Waals surface area contributed by atoms with Gasteiger partial charge >= 0.3 is 0 Å². The monoisotopic (exact) mass is 247 g/mol. The lowest BCUT2D eigenvalue weighted by atomic mass is 10.1. The molecule has 2 rings (SSSR count). The smallest absolute Gasteiger partial charge is 0.257 e. The summed E-state index contributed by atoms with van der Waals surface area (Å²) in [6, 6.07) is 2.18. The highest BCUT2D eigenvalue weighted by Gasteiger charge is 2.31. The van der Waals surface area contributed by atoms with Crippen LogP contribution in [0.25, 0.3) is 0 Å². The minimum atomic E-state index is 0.0934. The Bertz CT molecular complexity index is 433. The summed E-state index contributed by atoms with van der Waals surface area (Å²) >= 11 is 0. The number of carbonyl (C=O) groups is 1. The van der Waals surface area contributed by atoms with Crippen molar-refractivity contribution in [2.45, 2.75) is 33.2 Å². The number of aromatic nitrogens is 1. The van der Waals surface area contributed by atoms with Crippen LogP contribution in [0.4, 0.5) is 5.69 Å². The largest absolute Gasteiger partial charge is 0.385 e. The summed E-state index contributed by atoms with van der Waals surface area (Å²) in [4.78, 5) is 18.6. The van der Waals surface area contributed by atoms with E-state index in [0.29, 0.717) is 17.5 Å². The third-order valence-electron chi connectivity index (χ3n) is 3.46. The van der Waals surface area contributed by atoms with E-state index in [9.17, 15) is 4.79 Å². The predicted molar refractivity (Wildman–Crippen MR) is 72.7 cm³/mol. The molecular weight excluding hydrogens is 226 g/mol. The summed E-state index contributed by atoms with van der Waals surface area (Å²) in [7, 11) is 0. The van der Waals surface area contributed by atoms with E-state index in [4.69, 9.17) is 0 Å². The van der Waals surface area contributed by atoms with Crippen LogP contribution >= 0.6 is 0 Å². The number of nitrogens with zero attached hydrogens (tertiary/aromatic N) is 2. The van der Waals surface area contributed by atoms with Gasteiger partial charge in [0.15, 0.2) is 0 Å². The van der Waals surface area contributed by atoms with E-state index in [1.165, 1.54) is 0 Å². The Labute approximate surface area is 108 Å². The van der Waals surface area contributed by atoms with E-state index >= 15 is 0 Å². The van der Waals surface area contributed by atoms with Gasteiger partial charge in [-0.15, -0.1) is 0 Å². The summed E-state index contributed by atoms with van der Waals surface area (Å²) in [5.74, 6) is 0.680. The van der Waals surface area contributed by atoms with Crippen LogP contribution < -0.4 is 5.32 Å². The van der Waals surface area contributed by atoms with Crippen molar-refractivity contribution < 1.29 is 4.79 Å². The molecule has 0 aromatic carbocycles. The van der Waals surface area contributed by atoms with Crippen LogP contribution in [0.3, 0.4) is 0 Å². The summed E-state index contributed by atoms with van der Waals surface area (Å²) in [6.45, 7) is 7.98. The van der Waals surface area contributed by atoms with E-state index in [1.807, 2.05) is 17.9 Å². The lowest BCUT2D eigenvalue weighted by Gasteiger charge is -2.22. The van der Waals surface area contributed by atoms with Gasteiger partial charge < -0.3 is 10.2 Å². The molecule has 1 aliphatic heterocycles. The zero-order chi connectivity index (χ0) is 13.1. The van der Waals surface area contributed by atoms with Gasteiger partial charge in [0.25, 0.3) is 5.91 Å². The van der Waals surface area contributed by atoms with Crippen molar-refractivity contribution in [3.8, 4) is 0 Å². The number of likely N-dealkylation sites (tertiary alicyclic amines) is 1. The highest BCUT2D eigenvalue weighted by atomic mass is 16.2.